The number of anilines is 1. The summed E-state index contributed by atoms with van der Waals surface area (Å²) in [6.45, 7) is 1.84. The van der Waals surface area contributed by atoms with Gasteiger partial charge in [-0.15, -0.1) is 0 Å². The molecule has 0 spiro atoms. The van der Waals surface area contributed by atoms with E-state index in [0.717, 1.165) is 5.56 Å². The first-order valence-corrected chi connectivity index (χ1v) is 9.45. The van der Waals surface area contributed by atoms with Crippen molar-refractivity contribution in [3.05, 3.63) is 62.2 Å². The van der Waals surface area contributed by atoms with Crippen molar-refractivity contribution in [3.8, 4) is 0 Å². The number of benzene rings is 2. The van der Waals surface area contributed by atoms with Crippen molar-refractivity contribution < 1.29 is 18.1 Å². The van der Waals surface area contributed by atoms with Gasteiger partial charge in [-0.1, -0.05) is 6.07 Å². The first-order chi connectivity index (χ1) is 12.7. The average Bonchev–Trinajstić information content (AvgIpc) is 2.96. The smallest absolute Gasteiger partial charge is 0.423 e. The van der Waals surface area contributed by atoms with Crippen LogP contribution in [0.1, 0.15) is 11.1 Å². The summed E-state index contributed by atoms with van der Waals surface area (Å²) >= 11 is 0. The van der Waals surface area contributed by atoms with E-state index in [4.69, 9.17) is 4.65 Å². The molecule has 4 rings (SSSR count). The largest absolute Gasteiger partial charge is 0.491 e. The van der Waals surface area contributed by atoms with Crippen molar-refractivity contribution in [2.45, 2.75) is 18.4 Å². The minimum absolute atomic E-state index is 0.0463. The molecule has 0 unspecified atom stereocenters. The summed E-state index contributed by atoms with van der Waals surface area (Å²) in [7, 11) is -5.07. The monoisotopic (exact) mass is 387 g/mol. The van der Waals surface area contributed by atoms with Gasteiger partial charge in [0.05, 0.1) is 22.5 Å². The summed E-state index contributed by atoms with van der Waals surface area (Å²) in [6, 6.07) is 7.53. The van der Waals surface area contributed by atoms with Crippen LogP contribution in [0.25, 0.3) is 11.0 Å². The number of aromatic nitrogens is 2. The van der Waals surface area contributed by atoms with E-state index in [1.807, 2.05) is 0 Å². The number of aryl methyl sites for hydroxylation is 1. The zero-order valence-electron chi connectivity index (χ0n) is 14.1. The van der Waals surface area contributed by atoms with Gasteiger partial charge in [-0.05, 0) is 47.8 Å². The van der Waals surface area contributed by atoms with Gasteiger partial charge in [0.15, 0.2) is 0 Å². The third kappa shape index (κ3) is 3.05. The fourth-order valence-electron chi connectivity index (χ4n) is 3.03. The normalized spacial score (nSPS) is 13.8. The van der Waals surface area contributed by atoms with Crippen molar-refractivity contribution in [2.24, 2.45) is 0 Å². The van der Waals surface area contributed by atoms with E-state index in [9.17, 15) is 23.0 Å². The zero-order valence-corrected chi connectivity index (χ0v) is 14.9. The standard InChI is InChI=1S/C16H14BN3O6S/c1-8-4-12-13(19-16(22)15(21)18-12)6-14(8)27(24,25)20-10-3-2-9-7-26-17(23)11(9)5-10/h2-6,20,23H,7H2,1H3,(H,18,21)(H,19,22). The number of aromatic amines is 2. The molecule has 0 saturated heterocycles. The molecule has 0 fully saturated rings. The molecule has 1 aliphatic rings. The predicted octanol–water partition coefficient (Wildman–Crippen LogP) is -0.457. The molecule has 11 heteroatoms. The highest BCUT2D eigenvalue weighted by atomic mass is 32.2. The highest BCUT2D eigenvalue weighted by Gasteiger charge is 2.28. The Labute approximate surface area is 153 Å². The highest BCUT2D eigenvalue weighted by Crippen LogP contribution is 2.23. The quantitative estimate of drug-likeness (QED) is 0.354. The fraction of sp³-hybridized carbons (Fsp3) is 0.125. The average molecular weight is 387 g/mol. The van der Waals surface area contributed by atoms with Crippen LogP contribution in [0.3, 0.4) is 0 Å². The van der Waals surface area contributed by atoms with Gasteiger partial charge < -0.3 is 19.6 Å². The van der Waals surface area contributed by atoms with Crippen molar-refractivity contribution >= 4 is 39.3 Å². The van der Waals surface area contributed by atoms with Crippen LogP contribution in [0.4, 0.5) is 5.69 Å². The Balaban J connectivity index is 1.77. The van der Waals surface area contributed by atoms with Crippen molar-refractivity contribution in [3.63, 3.8) is 0 Å². The maximum Gasteiger partial charge on any atom is 0.491 e. The number of hydrogen-bond acceptors (Lipinski definition) is 6. The van der Waals surface area contributed by atoms with Crippen molar-refractivity contribution in [2.75, 3.05) is 4.72 Å². The maximum absolute atomic E-state index is 12.8. The molecule has 4 N–H and O–H groups in total. The SMILES string of the molecule is Cc1cc2[nH]c(=O)c(=O)[nH]c2cc1S(=O)(=O)Nc1ccc2c(c1)B(O)OC2. The van der Waals surface area contributed by atoms with Gasteiger partial charge in [-0.3, -0.25) is 14.3 Å². The molecule has 2 heterocycles. The summed E-state index contributed by atoms with van der Waals surface area (Å²) in [5, 5.41) is 9.77. The maximum atomic E-state index is 12.8. The van der Waals surface area contributed by atoms with Crippen LogP contribution in [0, 0.1) is 6.92 Å². The van der Waals surface area contributed by atoms with Crippen molar-refractivity contribution in [1.29, 1.82) is 0 Å². The molecule has 0 atom stereocenters. The Kier molecular flexibility index (Phi) is 3.95. The Bertz CT molecular complexity index is 1300. The number of sulfonamides is 1. The Morgan fingerprint density at radius 2 is 1.78 bits per heavy atom. The summed E-state index contributed by atoms with van der Waals surface area (Å²) in [4.78, 5) is 27.7. The fourth-order valence-corrected chi connectivity index (χ4v) is 4.33. The molecule has 0 radical (unpaired) electrons. The van der Waals surface area contributed by atoms with E-state index < -0.39 is 28.3 Å². The molecule has 1 aromatic heterocycles. The third-order valence-corrected chi connectivity index (χ3v) is 5.89. The minimum atomic E-state index is -3.98. The van der Waals surface area contributed by atoms with E-state index in [2.05, 4.69) is 14.7 Å². The molecular weight excluding hydrogens is 373 g/mol. The van der Waals surface area contributed by atoms with Gasteiger partial charge in [-0.2, -0.15) is 0 Å². The van der Waals surface area contributed by atoms with E-state index in [0.29, 0.717) is 16.5 Å². The van der Waals surface area contributed by atoms with Gasteiger partial charge >= 0.3 is 18.2 Å². The molecule has 3 aromatic rings. The number of nitrogens with one attached hydrogen (secondary N) is 3. The second-order valence-corrected chi connectivity index (χ2v) is 7.90. The van der Waals surface area contributed by atoms with Crippen LogP contribution in [0.2, 0.25) is 0 Å². The number of fused-ring (bicyclic) bond motifs is 2. The van der Waals surface area contributed by atoms with Crippen molar-refractivity contribution in [1.82, 2.24) is 9.97 Å². The Hall–Kier alpha value is -2.89. The van der Waals surface area contributed by atoms with Crippen LogP contribution < -0.4 is 21.3 Å². The predicted molar refractivity (Wildman–Crippen MR) is 99.6 cm³/mol. The molecule has 1 aliphatic heterocycles. The van der Waals surface area contributed by atoms with Crippen LogP contribution in [0.15, 0.2) is 44.8 Å². The lowest BCUT2D eigenvalue weighted by molar-refractivity contribution is 0.275. The van der Waals surface area contributed by atoms with E-state index in [-0.39, 0.29) is 22.7 Å². The van der Waals surface area contributed by atoms with Crippen LogP contribution in [-0.4, -0.2) is 30.5 Å². The van der Waals surface area contributed by atoms with Crippen LogP contribution >= 0.6 is 0 Å². The van der Waals surface area contributed by atoms with E-state index >= 15 is 0 Å². The molecule has 9 nitrogen and oxygen atoms in total. The lowest BCUT2D eigenvalue weighted by Gasteiger charge is -2.12. The Morgan fingerprint density at radius 1 is 1.11 bits per heavy atom. The zero-order chi connectivity index (χ0) is 19.3. The van der Waals surface area contributed by atoms with Crippen LogP contribution in [0.5, 0.6) is 0 Å². The van der Waals surface area contributed by atoms with Gasteiger partial charge in [0.2, 0.25) is 0 Å². The molecule has 0 saturated carbocycles. The summed E-state index contributed by atoms with van der Waals surface area (Å²) in [5.41, 5.74) is 0.804. The molecule has 0 aliphatic carbocycles. The van der Waals surface area contributed by atoms with Gasteiger partial charge in [0.25, 0.3) is 10.0 Å². The lowest BCUT2D eigenvalue weighted by atomic mass is 9.79. The molecule has 0 amide bonds. The lowest BCUT2D eigenvalue weighted by Crippen LogP contribution is -2.29. The van der Waals surface area contributed by atoms with E-state index in [1.165, 1.54) is 18.2 Å². The van der Waals surface area contributed by atoms with Gasteiger partial charge in [0, 0.05) is 5.69 Å². The third-order valence-electron chi connectivity index (χ3n) is 4.37. The van der Waals surface area contributed by atoms with Gasteiger partial charge in [0.1, 0.15) is 0 Å². The molecule has 138 valence electrons. The molecule has 2 aromatic carbocycles. The highest BCUT2D eigenvalue weighted by molar-refractivity contribution is 7.92. The first-order valence-electron chi connectivity index (χ1n) is 7.97. The molecule has 27 heavy (non-hydrogen) atoms. The second-order valence-electron chi connectivity index (χ2n) is 6.25. The Morgan fingerprint density at radius 3 is 2.48 bits per heavy atom. The van der Waals surface area contributed by atoms with E-state index in [1.54, 1.807) is 19.1 Å². The topological polar surface area (TPSA) is 141 Å². The summed E-state index contributed by atoms with van der Waals surface area (Å²) in [6.07, 6.45) is 0. The second kappa shape index (κ2) is 6.08. The number of rotatable bonds is 3. The summed E-state index contributed by atoms with van der Waals surface area (Å²) < 4.78 is 33.2. The minimum Gasteiger partial charge on any atom is -0.423 e. The van der Waals surface area contributed by atoms with Crippen LogP contribution in [-0.2, 0) is 21.3 Å². The number of H-pyrrole nitrogens is 2. The molecular formula is C16H14BN3O6S. The molecule has 0 bridgehead atoms. The number of hydrogen-bond donors (Lipinski definition) is 4. The van der Waals surface area contributed by atoms with Gasteiger partial charge in [-0.25, -0.2) is 8.42 Å². The summed E-state index contributed by atoms with van der Waals surface area (Å²) in [5.74, 6) is 0. The first kappa shape index (κ1) is 17.5.